The van der Waals surface area contributed by atoms with Gasteiger partial charge in [-0.1, -0.05) is 17.4 Å². The second-order valence-corrected chi connectivity index (χ2v) is 5.74. The van der Waals surface area contributed by atoms with Crippen molar-refractivity contribution in [1.82, 2.24) is 4.57 Å². The summed E-state index contributed by atoms with van der Waals surface area (Å²) >= 11 is 3.61. The van der Waals surface area contributed by atoms with Crippen molar-refractivity contribution >= 4 is 27.6 Å². The Morgan fingerprint density at radius 3 is 2.87 bits per heavy atom. The Morgan fingerprint density at radius 1 is 1.33 bits per heavy atom. The lowest BCUT2D eigenvalue weighted by Crippen LogP contribution is -2.13. The molecule has 0 saturated heterocycles. The maximum Gasteiger partial charge on any atom is 0.346 e. The quantitative estimate of drug-likeness (QED) is 0.574. The van der Waals surface area contributed by atoms with Gasteiger partial charge in [0.1, 0.15) is 12.4 Å². The maximum atomic E-state index is 2.25. The number of fused-ring (bicyclic) bond motifs is 1. The molecule has 2 nitrogen and oxygen atoms in total. The number of aromatic nitrogens is 2. The maximum absolute atomic E-state index is 2.25. The van der Waals surface area contributed by atoms with Crippen LogP contribution in [-0.4, -0.2) is 4.57 Å². The van der Waals surface area contributed by atoms with E-state index in [4.69, 9.17) is 0 Å². The predicted molar refractivity (Wildman–Crippen MR) is 64.5 cm³/mol. The summed E-state index contributed by atoms with van der Waals surface area (Å²) in [5.74, 6) is 0. The standard InChI is InChI=1S/C11H11N2S2/c1-8-6-13-7-9(10-4-3-5-14-10)12(2)11(13)15-8/h3-7H,1-2H3/q+1. The molecule has 0 atom stereocenters. The van der Waals surface area contributed by atoms with Crippen molar-refractivity contribution in [2.24, 2.45) is 7.05 Å². The Hall–Kier alpha value is -1.13. The normalized spacial score (nSPS) is 11.3. The van der Waals surface area contributed by atoms with E-state index in [9.17, 15) is 0 Å². The summed E-state index contributed by atoms with van der Waals surface area (Å²) in [4.78, 5) is 3.96. The van der Waals surface area contributed by atoms with E-state index in [1.54, 1.807) is 11.3 Å². The van der Waals surface area contributed by atoms with Crippen LogP contribution in [-0.2, 0) is 7.05 Å². The van der Waals surface area contributed by atoms with Crippen LogP contribution in [0.25, 0.3) is 15.5 Å². The molecule has 3 aromatic heterocycles. The SMILES string of the molecule is Cc1c[n+]2cc(-c3cccs3)n(C)c2s1. The fraction of sp³-hybridized carbons (Fsp3) is 0.182. The van der Waals surface area contributed by atoms with Crippen LogP contribution in [0.15, 0.2) is 29.9 Å². The highest BCUT2D eigenvalue weighted by Crippen LogP contribution is 2.26. The number of rotatable bonds is 1. The third-order valence-corrected chi connectivity index (χ3v) is 4.46. The van der Waals surface area contributed by atoms with Crippen LogP contribution in [0.4, 0.5) is 0 Å². The summed E-state index contributed by atoms with van der Waals surface area (Å²) < 4.78 is 4.46. The van der Waals surface area contributed by atoms with Gasteiger partial charge in [0.15, 0.2) is 5.69 Å². The molecule has 0 aromatic carbocycles. The molecule has 76 valence electrons. The zero-order valence-corrected chi connectivity index (χ0v) is 10.2. The molecule has 0 saturated carbocycles. The largest absolute Gasteiger partial charge is 0.346 e. The summed E-state index contributed by atoms with van der Waals surface area (Å²) in [6, 6.07) is 4.26. The van der Waals surface area contributed by atoms with Gasteiger partial charge in [-0.05, 0) is 18.4 Å². The van der Waals surface area contributed by atoms with Crippen LogP contribution in [0.2, 0.25) is 0 Å². The molecule has 15 heavy (non-hydrogen) atoms. The van der Waals surface area contributed by atoms with E-state index in [0.29, 0.717) is 0 Å². The van der Waals surface area contributed by atoms with Crippen molar-refractivity contribution in [3.8, 4) is 10.6 Å². The van der Waals surface area contributed by atoms with Gasteiger partial charge in [-0.3, -0.25) is 0 Å². The molecule has 0 N–H and O–H groups in total. The Labute approximate surface area is 96.0 Å². The van der Waals surface area contributed by atoms with Crippen LogP contribution in [0.5, 0.6) is 0 Å². The molecule has 0 radical (unpaired) electrons. The lowest BCUT2D eigenvalue weighted by molar-refractivity contribution is -0.505. The molecule has 0 unspecified atom stereocenters. The van der Waals surface area contributed by atoms with Gasteiger partial charge in [0.2, 0.25) is 0 Å². The molecular weight excluding hydrogens is 224 g/mol. The van der Waals surface area contributed by atoms with Crippen molar-refractivity contribution in [3.63, 3.8) is 0 Å². The van der Waals surface area contributed by atoms with E-state index in [1.807, 2.05) is 11.3 Å². The molecule has 0 aliphatic rings. The van der Waals surface area contributed by atoms with E-state index in [1.165, 1.54) is 20.4 Å². The zero-order chi connectivity index (χ0) is 10.4. The molecule has 0 amide bonds. The number of hydrogen-bond acceptors (Lipinski definition) is 2. The van der Waals surface area contributed by atoms with Gasteiger partial charge in [0.05, 0.1) is 11.9 Å². The highest BCUT2D eigenvalue weighted by atomic mass is 32.1. The average molecular weight is 235 g/mol. The van der Waals surface area contributed by atoms with E-state index in [0.717, 1.165) is 0 Å². The monoisotopic (exact) mass is 235 g/mol. The minimum atomic E-state index is 1.29. The van der Waals surface area contributed by atoms with E-state index < -0.39 is 0 Å². The lowest BCUT2D eigenvalue weighted by Gasteiger charge is -1.89. The molecular formula is C11H11N2S2+. The number of hydrogen-bond donors (Lipinski definition) is 0. The second kappa shape index (κ2) is 3.18. The number of imidazole rings is 1. The van der Waals surface area contributed by atoms with Gasteiger partial charge >= 0.3 is 4.96 Å². The summed E-state index contributed by atoms with van der Waals surface area (Å²) in [7, 11) is 2.13. The van der Waals surface area contributed by atoms with Crippen LogP contribution in [0, 0.1) is 6.92 Å². The average Bonchev–Trinajstić information content (AvgIpc) is 2.84. The molecule has 0 fully saturated rings. The van der Waals surface area contributed by atoms with Gasteiger partial charge in [0.25, 0.3) is 0 Å². The Bertz CT molecular complexity index is 602. The minimum absolute atomic E-state index is 1.29. The third-order valence-electron chi connectivity index (χ3n) is 2.48. The van der Waals surface area contributed by atoms with Crippen molar-refractivity contribution < 1.29 is 4.40 Å². The third kappa shape index (κ3) is 1.33. The number of nitrogens with zero attached hydrogens (tertiary/aromatic N) is 2. The Kier molecular flexibility index (Phi) is 1.94. The summed E-state index contributed by atoms with van der Waals surface area (Å²) in [6.07, 6.45) is 4.38. The molecule has 0 aliphatic carbocycles. The first kappa shape index (κ1) is 9.12. The van der Waals surface area contributed by atoms with Gasteiger partial charge in [-0.2, -0.15) is 4.40 Å². The van der Waals surface area contributed by atoms with E-state index in [-0.39, 0.29) is 0 Å². The van der Waals surface area contributed by atoms with E-state index >= 15 is 0 Å². The first-order chi connectivity index (χ1) is 7.25. The van der Waals surface area contributed by atoms with Crippen LogP contribution in [0.1, 0.15) is 4.88 Å². The van der Waals surface area contributed by atoms with Gasteiger partial charge in [-0.25, -0.2) is 4.57 Å². The molecule has 0 spiro atoms. The highest BCUT2D eigenvalue weighted by Gasteiger charge is 2.18. The first-order valence-corrected chi connectivity index (χ1v) is 6.46. The number of thiophene rings is 1. The molecule has 3 aromatic rings. The predicted octanol–water partition coefficient (Wildman–Crippen LogP) is 2.86. The molecule has 3 rings (SSSR count). The summed E-state index contributed by atoms with van der Waals surface area (Å²) in [5, 5.41) is 2.12. The smallest absolute Gasteiger partial charge is 0.216 e. The minimum Gasteiger partial charge on any atom is -0.216 e. The highest BCUT2D eigenvalue weighted by molar-refractivity contribution is 7.16. The molecule has 4 heteroatoms. The van der Waals surface area contributed by atoms with Crippen molar-refractivity contribution in [1.29, 1.82) is 0 Å². The summed E-state index contributed by atoms with van der Waals surface area (Å²) in [6.45, 7) is 2.14. The van der Waals surface area contributed by atoms with Crippen LogP contribution in [0.3, 0.4) is 0 Å². The molecule has 0 bridgehead atoms. The number of aryl methyl sites for hydroxylation is 2. The molecule has 0 aliphatic heterocycles. The Morgan fingerprint density at radius 2 is 2.20 bits per heavy atom. The van der Waals surface area contributed by atoms with Gasteiger partial charge < -0.3 is 0 Å². The number of thiazole rings is 1. The fourth-order valence-corrected chi connectivity index (χ4v) is 3.45. The van der Waals surface area contributed by atoms with Crippen molar-refractivity contribution in [2.45, 2.75) is 6.92 Å². The van der Waals surface area contributed by atoms with Crippen molar-refractivity contribution in [3.05, 3.63) is 34.8 Å². The Balaban J connectivity index is 2.29. The second-order valence-electron chi connectivity index (χ2n) is 3.58. The van der Waals surface area contributed by atoms with Crippen LogP contribution >= 0.6 is 22.7 Å². The topological polar surface area (TPSA) is 9.03 Å². The lowest BCUT2D eigenvalue weighted by atomic mass is 10.4. The molecule has 3 heterocycles. The first-order valence-electron chi connectivity index (χ1n) is 4.77. The van der Waals surface area contributed by atoms with Crippen molar-refractivity contribution in [2.75, 3.05) is 0 Å². The summed E-state index contributed by atoms with van der Waals surface area (Å²) in [5.41, 5.74) is 1.29. The van der Waals surface area contributed by atoms with E-state index in [2.05, 4.69) is 52.8 Å². The van der Waals surface area contributed by atoms with Crippen LogP contribution < -0.4 is 4.40 Å². The zero-order valence-electron chi connectivity index (χ0n) is 8.60. The fourth-order valence-electron chi connectivity index (χ4n) is 1.78. The van der Waals surface area contributed by atoms with Gasteiger partial charge in [0, 0.05) is 4.88 Å². The van der Waals surface area contributed by atoms with Gasteiger partial charge in [-0.15, -0.1) is 11.3 Å².